The third-order valence-corrected chi connectivity index (χ3v) is 6.13. The molecule has 34 heavy (non-hydrogen) atoms. The Labute approximate surface area is 191 Å². The minimum absolute atomic E-state index is 0.00614. The number of alkyl halides is 3. The molecule has 7 nitrogen and oxygen atoms in total. The van der Waals surface area contributed by atoms with E-state index in [-0.39, 0.29) is 16.9 Å². The molecule has 12 heteroatoms. The maximum Gasteiger partial charge on any atom is 0.417 e. The van der Waals surface area contributed by atoms with Gasteiger partial charge < -0.3 is 14.8 Å². The maximum absolute atomic E-state index is 14.4. The van der Waals surface area contributed by atoms with E-state index in [1.165, 1.54) is 13.0 Å². The molecule has 2 heterocycles. The molecule has 1 aromatic carbocycles. The highest BCUT2D eigenvalue weighted by Crippen LogP contribution is 2.55. The van der Waals surface area contributed by atoms with Gasteiger partial charge in [0.2, 0.25) is 17.8 Å². The molecule has 2 N–H and O–H groups in total. The molecule has 184 valence electrons. The van der Waals surface area contributed by atoms with Gasteiger partial charge in [0.15, 0.2) is 17.2 Å². The number of hydrogen-bond acceptors (Lipinski definition) is 5. The third-order valence-electron chi connectivity index (χ3n) is 6.13. The zero-order valence-electron chi connectivity index (χ0n) is 18.5. The zero-order valence-corrected chi connectivity index (χ0v) is 18.5. The first kappa shape index (κ1) is 25.3. The van der Waals surface area contributed by atoms with Crippen LogP contribution in [0, 0.1) is 17.6 Å². The van der Waals surface area contributed by atoms with E-state index >= 15 is 0 Å². The van der Waals surface area contributed by atoms with Crippen LogP contribution in [0.25, 0.3) is 0 Å². The average Bonchev–Trinajstić information content (AvgIpc) is 3.03. The number of hydrogen-bond donors (Lipinski definition) is 2. The molecular formula is C22H22F5N2O5+. The molecule has 1 aromatic heterocycles. The lowest BCUT2D eigenvalue weighted by Crippen LogP contribution is -2.47. The van der Waals surface area contributed by atoms with Crippen LogP contribution in [-0.4, -0.2) is 41.9 Å². The highest BCUT2D eigenvalue weighted by molar-refractivity contribution is 5.97. The topological polar surface area (TPSA) is 88.7 Å². The number of carbonyl (C=O) groups is 2. The number of halogens is 5. The highest BCUT2D eigenvalue weighted by atomic mass is 19.4. The van der Waals surface area contributed by atoms with Crippen molar-refractivity contribution in [3.8, 4) is 5.75 Å². The van der Waals surface area contributed by atoms with Crippen LogP contribution < -0.4 is 14.8 Å². The molecule has 1 aliphatic heterocycles. The number of amides is 1. The lowest BCUT2D eigenvalue weighted by atomic mass is 9.77. The molecule has 0 spiro atoms. The van der Waals surface area contributed by atoms with Crippen LogP contribution in [-0.2, 0) is 9.53 Å². The fourth-order valence-corrected chi connectivity index (χ4v) is 4.09. The van der Waals surface area contributed by atoms with Gasteiger partial charge in [0, 0.05) is 41.2 Å². The van der Waals surface area contributed by atoms with Gasteiger partial charge in [0.25, 0.3) is 5.91 Å². The fourth-order valence-electron chi connectivity index (χ4n) is 4.09. The number of carbonyl (C=O) groups excluding carboxylic acids is 2. The van der Waals surface area contributed by atoms with E-state index in [4.69, 9.17) is 9.47 Å². The number of nitrogens with one attached hydrogen (secondary N) is 1. The third kappa shape index (κ3) is 4.17. The van der Waals surface area contributed by atoms with Gasteiger partial charge in [0.05, 0.1) is 12.8 Å². The van der Waals surface area contributed by atoms with Crippen molar-refractivity contribution >= 4 is 17.4 Å². The van der Waals surface area contributed by atoms with Crippen molar-refractivity contribution in [1.82, 2.24) is 0 Å². The smallest absolute Gasteiger partial charge is 0.417 e. The van der Waals surface area contributed by atoms with Gasteiger partial charge in [-0.1, -0.05) is 13.0 Å². The van der Waals surface area contributed by atoms with Crippen LogP contribution in [0.2, 0.25) is 0 Å². The summed E-state index contributed by atoms with van der Waals surface area (Å²) in [4.78, 5) is 24.8. The number of rotatable bonds is 5. The van der Waals surface area contributed by atoms with Crippen molar-refractivity contribution < 1.29 is 51.0 Å². The van der Waals surface area contributed by atoms with Crippen LogP contribution in [0.1, 0.15) is 42.7 Å². The van der Waals surface area contributed by atoms with Crippen LogP contribution in [0.3, 0.4) is 0 Å². The molecule has 1 amide bonds. The minimum atomic E-state index is -4.90. The Kier molecular flexibility index (Phi) is 6.57. The molecule has 1 aliphatic rings. The van der Waals surface area contributed by atoms with E-state index in [2.05, 4.69) is 5.32 Å². The first-order valence-corrected chi connectivity index (χ1v) is 10.1. The second-order valence-electron chi connectivity index (χ2n) is 8.13. The van der Waals surface area contributed by atoms with Crippen molar-refractivity contribution in [3.63, 3.8) is 0 Å². The van der Waals surface area contributed by atoms with Gasteiger partial charge in [0.1, 0.15) is 6.10 Å². The zero-order chi connectivity index (χ0) is 25.6. The molecule has 2 aromatic rings. The Morgan fingerprint density at radius 1 is 1.24 bits per heavy atom. The number of Topliss-reactive ketones (excluding diaryl/α,β-unsaturated/α-hetero) is 1. The SMILES string of the molecule is COc1c([C@H]2[C@H](C(=O)Nc3cc[n+](O)c(C(C)=O)c3)O[C@@](C)(C(F)(F)F)[C@H]2C)ccc(F)c1F. The number of nitrogens with zero attached hydrogens (tertiary/aromatic N) is 1. The molecule has 0 unspecified atom stereocenters. The van der Waals surface area contributed by atoms with Gasteiger partial charge in [-0.3, -0.25) is 14.8 Å². The highest BCUT2D eigenvalue weighted by Gasteiger charge is 2.65. The maximum atomic E-state index is 14.4. The van der Waals surface area contributed by atoms with E-state index in [1.807, 2.05) is 0 Å². The van der Waals surface area contributed by atoms with Crippen LogP contribution in [0.15, 0.2) is 30.5 Å². The molecule has 0 saturated carbocycles. The van der Waals surface area contributed by atoms with Crippen LogP contribution in [0.4, 0.5) is 27.6 Å². The summed E-state index contributed by atoms with van der Waals surface area (Å²) in [5.74, 6) is -7.68. The summed E-state index contributed by atoms with van der Waals surface area (Å²) in [7, 11) is 1.03. The summed E-state index contributed by atoms with van der Waals surface area (Å²) >= 11 is 0. The predicted molar refractivity (Wildman–Crippen MR) is 107 cm³/mol. The van der Waals surface area contributed by atoms with Crippen molar-refractivity contribution in [1.29, 1.82) is 0 Å². The Hall–Kier alpha value is -3.28. The number of benzene rings is 1. The summed E-state index contributed by atoms with van der Waals surface area (Å²) in [6.45, 7) is 3.13. The molecule has 3 rings (SSSR count). The number of pyridine rings is 1. The van der Waals surface area contributed by atoms with Crippen molar-refractivity contribution in [2.24, 2.45) is 5.92 Å². The number of methoxy groups -OCH3 is 1. The minimum Gasteiger partial charge on any atom is -0.493 e. The summed E-state index contributed by atoms with van der Waals surface area (Å²) in [6.07, 6.45) is -5.63. The largest absolute Gasteiger partial charge is 0.493 e. The van der Waals surface area contributed by atoms with E-state index in [0.717, 1.165) is 45.4 Å². The average molecular weight is 489 g/mol. The van der Waals surface area contributed by atoms with Gasteiger partial charge in [-0.25, -0.2) is 4.39 Å². The Morgan fingerprint density at radius 3 is 2.44 bits per heavy atom. The Morgan fingerprint density at radius 2 is 1.88 bits per heavy atom. The van der Waals surface area contributed by atoms with Gasteiger partial charge >= 0.3 is 11.9 Å². The summed E-state index contributed by atoms with van der Waals surface area (Å²) in [6, 6.07) is 4.11. The van der Waals surface area contributed by atoms with Crippen LogP contribution in [0.5, 0.6) is 5.75 Å². The number of ketones is 1. The molecular weight excluding hydrogens is 467 g/mol. The Bertz CT molecular complexity index is 1140. The normalized spacial score (nSPS) is 24.7. The van der Waals surface area contributed by atoms with Gasteiger partial charge in [-0.15, -0.1) is 0 Å². The summed E-state index contributed by atoms with van der Waals surface area (Å²) in [5, 5.41) is 12.1. The predicted octanol–water partition coefficient (Wildman–Crippen LogP) is 3.78. The summed E-state index contributed by atoms with van der Waals surface area (Å²) in [5.41, 5.74) is -3.18. The first-order valence-electron chi connectivity index (χ1n) is 10.1. The number of anilines is 1. The quantitative estimate of drug-likeness (QED) is 0.289. The van der Waals surface area contributed by atoms with E-state index < -0.39 is 58.8 Å². The second-order valence-corrected chi connectivity index (χ2v) is 8.13. The molecule has 1 saturated heterocycles. The van der Waals surface area contributed by atoms with Crippen LogP contribution >= 0.6 is 0 Å². The van der Waals surface area contributed by atoms with Crippen molar-refractivity contribution in [2.45, 2.75) is 44.6 Å². The molecule has 0 aliphatic carbocycles. The monoisotopic (exact) mass is 489 g/mol. The van der Waals surface area contributed by atoms with E-state index in [0.29, 0.717) is 4.73 Å². The fraction of sp³-hybridized carbons (Fsp3) is 0.409. The Balaban J connectivity index is 2.08. The molecule has 0 bridgehead atoms. The number of aromatic nitrogens is 1. The standard InChI is InChI=1S/C22H21F5N2O5/c1-10-16(13-5-6-14(23)17(24)18(13)33-4)19(34-21(10,3)22(25,26)27)20(31)28-12-7-8-29(32)15(9-12)11(2)30/h5-10,16,19,32H,1-4H3/p+1/t10-,16-,19+,21+/m0/s1. The second kappa shape index (κ2) is 8.82. The van der Waals surface area contributed by atoms with Crippen molar-refractivity contribution in [2.75, 3.05) is 12.4 Å². The first-order chi connectivity index (χ1) is 15.7. The molecule has 1 fully saturated rings. The van der Waals surface area contributed by atoms with Gasteiger partial charge in [-0.05, 0) is 13.0 Å². The lowest BCUT2D eigenvalue weighted by Gasteiger charge is -2.32. The summed E-state index contributed by atoms with van der Waals surface area (Å²) < 4.78 is 80.8. The van der Waals surface area contributed by atoms with Gasteiger partial charge in [-0.2, -0.15) is 17.6 Å². The van der Waals surface area contributed by atoms with Crippen molar-refractivity contribution in [3.05, 3.63) is 53.4 Å². The van der Waals surface area contributed by atoms with E-state index in [9.17, 15) is 36.7 Å². The lowest BCUT2D eigenvalue weighted by molar-refractivity contribution is -0.905. The van der Waals surface area contributed by atoms with E-state index in [1.54, 1.807) is 0 Å². The molecule has 4 atom stereocenters. The number of ether oxygens (including phenoxy) is 2. The molecule has 0 radical (unpaired) electrons.